The van der Waals surface area contributed by atoms with Gasteiger partial charge in [-0.2, -0.15) is 0 Å². The molecule has 0 aliphatic carbocycles. The molecule has 4 heteroatoms. The van der Waals surface area contributed by atoms with Gasteiger partial charge in [0.1, 0.15) is 5.82 Å². The second kappa shape index (κ2) is 6.90. The number of carbonyl (C=O) groups is 1. The van der Waals surface area contributed by atoms with Crippen molar-refractivity contribution in [2.24, 2.45) is 5.41 Å². The van der Waals surface area contributed by atoms with Gasteiger partial charge in [0.15, 0.2) is 0 Å². The highest BCUT2D eigenvalue weighted by Crippen LogP contribution is 2.29. The second-order valence-electron chi connectivity index (χ2n) is 6.95. The van der Waals surface area contributed by atoms with Crippen LogP contribution in [0.1, 0.15) is 44.5 Å². The van der Waals surface area contributed by atoms with Crippen molar-refractivity contribution >= 4 is 5.91 Å². The van der Waals surface area contributed by atoms with Gasteiger partial charge in [0.25, 0.3) is 0 Å². The van der Waals surface area contributed by atoms with Gasteiger partial charge in [0.2, 0.25) is 5.91 Å². The van der Waals surface area contributed by atoms with Crippen LogP contribution in [0.2, 0.25) is 0 Å². The molecule has 0 radical (unpaired) electrons. The summed E-state index contributed by atoms with van der Waals surface area (Å²) in [4.78, 5) is 18.7. The van der Waals surface area contributed by atoms with Crippen molar-refractivity contribution in [3.05, 3.63) is 65.7 Å². The minimum absolute atomic E-state index is 0.0115. The molecule has 122 valence electrons. The van der Waals surface area contributed by atoms with Crippen molar-refractivity contribution in [2.75, 3.05) is 7.05 Å². The molecular weight excluding hydrogens is 291 g/mol. The van der Waals surface area contributed by atoms with E-state index in [0.29, 0.717) is 12.0 Å². The van der Waals surface area contributed by atoms with Gasteiger partial charge in [-0.05, 0) is 35.2 Å². The SMILES string of the molecule is CN(C(=O)CC(C)(C)C)[C@H](c1cccc(F)c1)c1ccccn1. The number of hydrogen-bond donors (Lipinski definition) is 0. The van der Waals surface area contributed by atoms with E-state index in [2.05, 4.69) is 4.98 Å². The summed E-state index contributed by atoms with van der Waals surface area (Å²) >= 11 is 0. The topological polar surface area (TPSA) is 33.2 Å². The van der Waals surface area contributed by atoms with Gasteiger partial charge in [-0.3, -0.25) is 9.78 Å². The molecule has 3 nitrogen and oxygen atoms in total. The highest BCUT2D eigenvalue weighted by molar-refractivity contribution is 5.77. The zero-order chi connectivity index (χ0) is 17.0. The average Bonchev–Trinajstić information content (AvgIpc) is 2.47. The van der Waals surface area contributed by atoms with Gasteiger partial charge in [-0.15, -0.1) is 0 Å². The monoisotopic (exact) mass is 314 g/mol. The van der Waals surface area contributed by atoms with Gasteiger partial charge >= 0.3 is 0 Å². The smallest absolute Gasteiger partial charge is 0.223 e. The number of amides is 1. The summed E-state index contributed by atoms with van der Waals surface area (Å²) in [5, 5.41) is 0. The first kappa shape index (κ1) is 17.1. The van der Waals surface area contributed by atoms with E-state index in [0.717, 1.165) is 5.69 Å². The molecule has 0 unspecified atom stereocenters. The fourth-order valence-electron chi connectivity index (χ4n) is 2.53. The maximum atomic E-state index is 13.7. The first-order valence-electron chi connectivity index (χ1n) is 7.70. The van der Waals surface area contributed by atoms with Crippen LogP contribution in [0.4, 0.5) is 4.39 Å². The van der Waals surface area contributed by atoms with Crippen LogP contribution in [0, 0.1) is 11.2 Å². The molecule has 0 saturated carbocycles. The molecule has 0 saturated heterocycles. The molecule has 0 bridgehead atoms. The number of hydrogen-bond acceptors (Lipinski definition) is 2. The Morgan fingerprint density at radius 3 is 2.52 bits per heavy atom. The molecule has 0 aliphatic rings. The number of nitrogens with zero attached hydrogens (tertiary/aromatic N) is 2. The van der Waals surface area contributed by atoms with Crippen LogP contribution in [-0.4, -0.2) is 22.8 Å². The van der Waals surface area contributed by atoms with Crippen LogP contribution >= 0.6 is 0 Å². The Balaban J connectivity index is 2.40. The number of aromatic nitrogens is 1. The number of rotatable bonds is 4. The molecule has 1 heterocycles. The van der Waals surface area contributed by atoms with Crippen molar-refractivity contribution in [3.8, 4) is 0 Å². The van der Waals surface area contributed by atoms with Crippen LogP contribution in [0.3, 0.4) is 0 Å². The Kier molecular flexibility index (Phi) is 5.14. The normalized spacial score (nSPS) is 12.7. The Labute approximate surface area is 137 Å². The number of carbonyl (C=O) groups excluding carboxylic acids is 1. The Morgan fingerprint density at radius 1 is 1.22 bits per heavy atom. The summed E-state index contributed by atoms with van der Waals surface area (Å²) in [6.45, 7) is 6.07. The number of pyridine rings is 1. The zero-order valence-corrected chi connectivity index (χ0v) is 14.1. The van der Waals surface area contributed by atoms with Crippen molar-refractivity contribution in [2.45, 2.75) is 33.2 Å². The molecule has 1 atom stereocenters. The molecule has 0 N–H and O–H groups in total. The Morgan fingerprint density at radius 2 is 1.96 bits per heavy atom. The van der Waals surface area contributed by atoms with E-state index < -0.39 is 6.04 Å². The first-order chi connectivity index (χ1) is 10.8. The number of halogens is 1. The second-order valence-corrected chi connectivity index (χ2v) is 6.95. The number of benzene rings is 1. The van der Waals surface area contributed by atoms with Crippen LogP contribution < -0.4 is 0 Å². The first-order valence-corrected chi connectivity index (χ1v) is 7.70. The summed E-state index contributed by atoms with van der Waals surface area (Å²) in [7, 11) is 1.75. The standard InChI is InChI=1S/C19H23FN2O/c1-19(2,3)13-17(23)22(4)18(16-10-5-6-11-21-16)14-8-7-9-15(20)12-14/h5-12,18H,13H2,1-4H3/t18-/m1/s1. The summed E-state index contributed by atoms with van der Waals surface area (Å²) in [6, 6.07) is 11.5. The third-order valence-electron chi connectivity index (χ3n) is 3.59. The van der Waals surface area contributed by atoms with E-state index in [1.54, 1.807) is 24.2 Å². The van der Waals surface area contributed by atoms with Crippen molar-refractivity contribution in [1.29, 1.82) is 0 Å². The lowest BCUT2D eigenvalue weighted by molar-refractivity contribution is -0.133. The molecule has 1 aromatic heterocycles. The maximum Gasteiger partial charge on any atom is 0.223 e. The van der Waals surface area contributed by atoms with Crippen LogP contribution in [-0.2, 0) is 4.79 Å². The summed E-state index contributed by atoms with van der Waals surface area (Å²) in [6.07, 6.45) is 2.10. The molecule has 2 rings (SSSR count). The third kappa shape index (κ3) is 4.62. The van der Waals surface area contributed by atoms with Gasteiger partial charge in [-0.1, -0.05) is 39.0 Å². The molecule has 0 spiro atoms. The van der Waals surface area contributed by atoms with Crippen molar-refractivity contribution < 1.29 is 9.18 Å². The van der Waals surface area contributed by atoms with E-state index in [-0.39, 0.29) is 17.1 Å². The summed E-state index contributed by atoms with van der Waals surface area (Å²) < 4.78 is 13.7. The molecule has 2 aromatic rings. The van der Waals surface area contributed by atoms with Gasteiger partial charge in [-0.25, -0.2) is 4.39 Å². The lowest BCUT2D eigenvalue weighted by Crippen LogP contribution is -2.34. The van der Waals surface area contributed by atoms with E-state index >= 15 is 0 Å². The quantitative estimate of drug-likeness (QED) is 0.847. The van der Waals surface area contributed by atoms with Gasteiger partial charge in [0, 0.05) is 19.7 Å². The molecule has 0 fully saturated rings. The zero-order valence-electron chi connectivity index (χ0n) is 14.1. The molecular formula is C19H23FN2O. The third-order valence-corrected chi connectivity index (χ3v) is 3.59. The summed E-state index contributed by atoms with van der Waals surface area (Å²) in [5.41, 5.74) is 1.33. The molecule has 0 aliphatic heterocycles. The van der Waals surface area contributed by atoms with E-state index in [9.17, 15) is 9.18 Å². The van der Waals surface area contributed by atoms with E-state index in [1.807, 2.05) is 45.0 Å². The van der Waals surface area contributed by atoms with Crippen molar-refractivity contribution in [3.63, 3.8) is 0 Å². The Hall–Kier alpha value is -2.23. The summed E-state index contributed by atoms with van der Waals surface area (Å²) in [5.74, 6) is -0.308. The average molecular weight is 314 g/mol. The largest absolute Gasteiger partial charge is 0.333 e. The van der Waals surface area contributed by atoms with Crippen LogP contribution in [0.5, 0.6) is 0 Å². The highest BCUT2D eigenvalue weighted by Gasteiger charge is 2.27. The van der Waals surface area contributed by atoms with Crippen LogP contribution in [0.25, 0.3) is 0 Å². The predicted molar refractivity (Wildman–Crippen MR) is 89.3 cm³/mol. The minimum Gasteiger partial charge on any atom is -0.333 e. The predicted octanol–water partition coefficient (Wildman–Crippen LogP) is 4.20. The maximum absolute atomic E-state index is 13.7. The van der Waals surface area contributed by atoms with E-state index in [1.165, 1.54) is 12.1 Å². The van der Waals surface area contributed by atoms with Crippen molar-refractivity contribution in [1.82, 2.24) is 9.88 Å². The fourth-order valence-corrected chi connectivity index (χ4v) is 2.53. The van der Waals surface area contributed by atoms with E-state index in [4.69, 9.17) is 0 Å². The van der Waals surface area contributed by atoms with Crippen LogP contribution in [0.15, 0.2) is 48.7 Å². The lowest BCUT2D eigenvalue weighted by atomic mass is 9.91. The Bertz CT molecular complexity index is 665. The van der Waals surface area contributed by atoms with Gasteiger partial charge in [0.05, 0.1) is 11.7 Å². The lowest BCUT2D eigenvalue weighted by Gasteiger charge is -2.30. The molecule has 23 heavy (non-hydrogen) atoms. The molecule has 1 amide bonds. The minimum atomic E-state index is -0.401. The fraction of sp³-hybridized carbons (Fsp3) is 0.368. The van der Waals surface area contributed by atoms with Gasteiger partial charge < -0.3 is 4.90 Å². The highest BCUT2D eigenvalue weighted by atomic mass is 19.1. The molecule has 1 aromatic carbocycles.